The number of aromatic nitrogens is 9. The van der Waals surface area contributed by atoms with Crippen LogP contribution in [0.4, 0.5) is 0 Å². The normalized spacial score (nSPS) is 11.0. The van der Waals surface area contributed by atoms with Crippen LogP contribution in [0.15, 0.2) is 78.9 Å². The van der Waals surface area contributed by atoms with Gasteiger partial charge < -0.3 is 0 Å². The molecule has 0 atom stereocenters. The number of rotatable bonds is 5. The third kappa shape index (κ3) is 5.30. The molecule has 0 fully saturated rings. The van der Waals surface area contributed by atoms with E-state index >= 15 is 0 Å². The van der Waals surface area contributed by atoms with Crippen LogP contribution in [0.2, 0.25) is 0 Å². The highest BCUT2D eigenvalue weighted by Gasteiger charge is 2.14. The van der Waals surface area contributed by atoms with Crippen LogP contribution in [0.1, 0.15) is 23.3 Å². The first-order chi connectivity index (χ1) is 19.4. The second-order valence-corrected chi connectivity index (χ2v) is 9.34. The number of aryl methyl sites for hydroxylation is 4. The largest absolute Gasteiger partial charge is 0.219 e. The number of hydrogen-bond acceptors (Lipinski definition) is 9. The monoisotopic (exact) mass is 523 g/mol. The van der Waals surface area contributed by atoms with E-state index in [1.165, 1.54) is 0 Å². The Hall–Kier alpha value is -5.31. The summed E-state index contributed by atoms with van der Waals surface area (Å²) in [5.74, 6) is 5.60. The van der Waals surface area contributed by atoms with Crippen LogP contribution in [0.25, 0.3) is 56.9 Å². The Morgan fingerprint density at radius 3 is 1.00 bits per heavy atom. The SMILES string of the molecule is Cc1nc(C)nc(-c2cccc(-c3nc(C)nc(-c4cccc(-c5nc(C)nc(-c6ccccc6)n5)c4)n3)c2)n1. The molecular weight excluding hydrogens is 498 g/mol. The van der Waals surface area contributed by atoms with E-state index in [1.54, 1.807) is 0 Å². The summed E-state index contributed by atoms with van der Waals surface area (Å²) in [6, 6.07) is 25.7. The van der Waals surface area contributed by atoms with Crippen LogP contribution < -0.4 is 0 Å². The fourth-order valence-corrected chi connectivity index (χ4v) is 4.41. The Morgan fingerprint density at radius 1 is 0.300 bits per heavy atom. The van der Waals surface area contributed by atoms with Gasteiger partial charge in [-0.1, -0.05) is 66.7 Å². The molecule has 0 N–H and O–H groups in total. The molecule has 0 amide bonds. The average Bonchev–Trinajstić information content (AvgIpc) is 2.97. The Bertz CT molecular complexity index is 1830. The van der Waals surface area contributed by atoms with Crippen LogP contribution in [-0.4, -0.2) is 44.9 Å². The number of benzene rings is 3. The van der Waals surface area contributed by atoms with Gasteiger partial charge in [0.1, 0.15) is 23.3 Å². The van der Waals surface area contributed by atoms with Gasteiger partial charge in [-0.15, -0.1) is 0 Å². The minimum Gasteiger partial charge on any atom is -0.219 e. The molecule has 3 heterocycles. The van der Waals surface area contributed by atoms with Crippen LogP contribution in [0, 0.1) is 27.7 Å². The topological polar surface area (TPSA) is 116 Å². The molecule has 6 aromatic rings. The zero-order chi connectivity index (χ0) is 27.6. The molecule has 0 aliphatic rings. The van der Waals surface area contributed by atoms with Crippen molar-refractivity contribution in [3.05, 3.63) is 102 Å². The first kappa shape index (κ1) is 25.0. The average molecular weight is 524 g/mol. The highest BCUT2D eigenvalue weighted by atomic mass is 15.0. The summed E-state index contributed by atoms with van der Waals surface area (Å²) in [6.07, 6.45) is 0. The summed E-state index contributed by atoms with van der Waals surface area (Å²) in [4.78, 5) is 41.3. The fraction of sp³-hybridized carbons (Fsp3) is 0.129. The minimum absolute atomic E-state index is 0.565. The van der Waals surface area contributed by atoms with Crippen LogP contribution in [0.3, 0.4) is 0 Å². The van der Waals surface area contributed by atoms with Crippen molar-refractivity contribution >= 4 is 0 Å². The first-order valence-corrected chi connectivity index (χ1v) is 12.8. The van der Waals surface area contributed by atoms with E-state index in [1.807, 2.05) is 107 Å². The predicted octanol–water partition coefficient (Wildman–Crippen LogP) is 5.81. The van der Waals surface area contributed by atoms with Crippen molar-refractivity contribution < 1.29 is 0 Å². The van der Waals surface area contributed by atoms with E-state index in [2.05, 4.69) is 34.9 Å². The van der Waals surface area contributed by atoms with Gasteiger partial charge in [0.25, 0.3) is 0 Å². The standard InChI is InChI=1S/C31H25N9/c1-18-32-19(2)34-28(33-18)23-12-8-13-24(16-23)30-37-21(4)38-31(40-30)26-15-9-14-25(17-26)29-36-20(3)35-27(39-29)22-10-6-5-7-11-22/h5-17H,1-4H3. The Balaban J connectivity index is 1.38. The molecule has 0 aliphatic heterocycles. The van der Waals surface area contributed by atoms with Crippen LogP contribution in [-0.2, 0) is 0 Å². The molecule has 3 aromatic carbocycles. The maximum Gasteiger partial charge on any atom is 0.163 e. The lowest BCUT2D eigenvalue weighted by Gasteiger charge is -2.09. The van der Waals surface area contributed by atoms with Gasteiger partial charge in [-0.2, -0.15) is 0 Å². The lowest BCUT2D eigenvalue weighted by atomic mass is 10.1. The van der Waals surface area contributed by atoms with Crippen molar-refractivity contribution in [3.8, 4) is 56.9 Å². The minimum atomic E-state index is 0.565. The first-order valence-electron chi connectivity index (χ1n) is 12.8. The van der Waals surface area contributed by atoms with Crippen LogP contribution in [0.5, 0.6) is 0 Å². The summed E-state index contributed by atoms with van der Waals surface area (Å²) in [5, 5.41) is 0. The summed E-state index contributed by atoms with van der Waals surface area (Å²) in [5.41, 5.74) is 4.34. The molecule has 194 valence electrons. The third-order valence-corrected chi connectivity index (χ3v) is 6.14. The predicted molar refractivity (Wildman–Crippen MR) is 153 cm³/mol. The Labute approximate surface area is 231 Å². The molecule has 9 nitrogen and oxygen atoms in total. The Kier molecular flexibility index (Phi) is 6.53. The molecule has 6 rings (SSSR count). The maximum atomic E-state index is 4.83. The molecule has 0 radical (unpaired) electrons. The van der Waals surface area contributed by atoms with E-state index in [9.17, 15) is 0 Å². The van der Waals surface area contributed by atoms with E-state index in [-0.39, 0.29) is 0 Å². The highest BCUT2D eigenvalue weighted by molar-refractivity contribution is 5.70. The third-order valence-electron chi connectivity index (χ3n) is 6.14. The van der Waals surface area contributed by atoms with E-state index in [0.717, 1.165) is 27.8 Å². The van der Waals surface area contributed by atoms with E-state index < -0.39 is 0 Å². The zero-order valence-electron chi connectivity index (χ0n) is 22.5. The second kappa shape index (κ2) is 10.5. The summed E-state index contributed by atoms with van der Waals surface area (Å²) in [6.45, 7) is 7.45. The van der Waals surface area contributed by atoms with Gasteiger partial charge >= 0.3 is 0 Å². The smallest absolute Gasteiger partial charge is 0.163 e. The van der Waals surface area contributed by atoms with Gasteiger partial charge in [-0.3, -0.25) is 0 Å². The van der Waals surface area contributed by atoms with Crippen LogP contribution >= 0.6 is 0 Å². The molecular formula is C31H25N9. The van der Waals surface area contributed by atoms with Gasteiger partial charge in [0.2, 0.25) is 0 Å². The van der Waals surface area contributed by atoms with Crippen molar-refractivity contribution in [1.82, 2.24) is 44.9 Å². The summed E-state index contributed by atoms with van der Waals surface area (Å²) >= 11 is 0. The molecule has 0 spiro atoms. The summed E-state index contributed by atoms with van der Waals surface area (Å²) in [7, 11) is 0. The lowest BCUT2D eigenvalue weighted by molar-refractivity contribution is 0.928. The van der Waals surface area contributed by atoms with E-state index in [0.29, 0.717) is 52.4 Å². The molecule has 0 aliphatic carbocycles. The fourth-order valence-electron chi connectivity index (χ4n) is 4.41. The zero-order valence-corrected chi connectivity index (χ0v) is 22.5. The molecule has 3 aromatic heterocycles. The van der Waals surface area contributed by atoms with Crippen molar-refractivity contribution in [2.75, 3.05) is 0 Å². The molecule has 0 bridgehead atoms. The molecule has 9 heteroatoms. The van der Waals surface area contributed by atoms with Gasteiger partial charge in [-0.25, -0.2) is 44.9 Å². The molecule has 0 saturated carbocycles. The van der Waals surface area contributed by atoms with E-state index in [4.69, 9.17) is 9.97 Å². The number of nitrogens with zero attached hydrogens (tertiary/aromatic N) is 9. The van der Waals surface area contributed by atoms with Gasteiger partial charge in [0, 0.05) is 27.8 Å². The van der Waals surface area contributed by atoms with Gasteiger partial charge in [0.15, 0.2) is 29.1 Å². The number of hydrogen-bond donors (Lipinski definition) is 0. The second-order valence-electron chi connectivity index (χ2n) is 9.34. The lowest BCUT2D eigenvalue weighted by Crippen LogP contribution is -2.02. The molecule has 40 heavy (non-hydrogen) atoms. The maximum absolute atomic E-state index is 4.83. The van der Waals surface area contributed by atoms with Crippen molar-refractivity contribution in [1.29, 1.82) is 0 Å². The van der Waals surface area contributed by atoms with Crippen molar-refractivity contribution in [2.24, 2.45) is 0 Å². The summed E-state index contributed by atoms with van der Waals surface area (Å²) < 4.78 is 0. The van der Waals surface area contributed by atoms with Gasteiger partial charge in [0.05, 0.1) is 0 Å². The molecule has 0 saturated heterocycles. The quantitative estimate of drug-likeness (QED) is 0.276. The van der Waals surface area contributed by atoms with Crippen molar-refractivity contribution in [2.45, 2.75) is 27.7 Å². The molecule has 0 unspecified atom stereocenters. The highest BCUT2D eigenvalue weighted by Crippen LogP contribution is 2.27. The van der Waals surface area contributed by atoms with Crippen molar-refractivity contribution in [3.63, 3.8) is 0 Å². The Morgan fingerprint density at radius 2 is 0.600 bits per heavy atom. The van der Waals surface area contributed by atoms with Gasteiger partial charge in [-0.05, 0) is 39.8 Å².